The fourth-order valence-electron chi connectivity index (χ4n) is 21.8. The van der Waals surface area contributed by atoms with E-state index in [1.807, 2.05) is 36.4 Å². The van der Waals surface area contributed by atoms with Crippen LogP contribution in [0, 0.1) is 0 Å². The van der Waals surface area contributed by atoms with Crippen LogP contribution < -0.4 is 0 Å². The van der Waals surface area contributed by atoms with Crippen LogP contribution in [0.5, 0.6) is 0 Å². The monoisotopic (exact) mass is 1340 g/mol. The van der Waals surface area contributed by atoms with Gasteiger partial charge in [0.15, 0.2) is 17.5 Å². The summed E-state index contributed by atoms with van der Waals surface area (Å²) in [5.41, 5.74) is 44.0. The molecule has 0 N–H and O–H groups in total. The molecule has 3 nitrogen and oxygen atoms in total. The van der Waals surface area contributed by atoms with Crippen LogP contribution in [0.15, 0.2) is 370 Å². The molecule has 1 heterocycles. The molecule has 0 aliphatic heterocycles. The first-order valence-corrected chi connectivity index (χ1v) is 37.1. The molecule has 0 saturated heterocycles. The Kier molecular flexibility index (Phi) is 11.6. The highest BCUT2D eigenvalue weighted by atomic mass is 15.0. The summed E-state index contributed by atoms with van der Waals surface area (Å²) in [5.74, 6) is 2.01. The molecule has 0 radical (unpaired) electrons. The molecule has 4 spiro atoms. The summed E-state index contributed by atoms with van der Waals surface area (Å²) in [6, 6.07) is 138. The Balaban J connectivity index is 0.000000135. The molecule has 0 unspecified atom stereocenters. The van der Waals surface area contributed by atoms with E-state index in [0.29, 0.717) is 17.5 Å². The second kappa shape index (κ2) is 21.1. The first-order chi connectivity index (χ1) is 52.6. The van der Waals surface area contributed by atoms with Gasteiger partial charge in [0.05, 0.1) is 21.7 Å². The van der Waals surface area contributed by atoms with Gasteiger partial charge in [-0.25, -0.2) is 15.0 Å². The molecule has 3 heteroatoms. The average molecular weight is 1340 g/mol. The minimum absolute atomic E-state index is 0.410. The number of fused-ring (bicyclic) bond motifs is 43. The second-order valence-electron chi connectivity index (χ2n) is 29.6. The molecular formula is C103H61N3. The van der Waals surface area contributed by atoms with Crippen molar-refractivity contribution in [1.82, 2.24) is 15.0 Å². The van der Waals surface area contributed by atoms with Crippen molar-refractivity contribution in [3.8, 4) is 123 Å². The van der Waals surface area contributed by atoms with Gasteiger partial charge in [0.1, 0.15) is 0 Å². The topological polar surface area (TPSA) is 38.7 Å². The number of hydrogen-bond acceptors (Lipinski definition) is 3. The summed E-state index contributed by atoms with van der Waals surface area (Å²) in [6.45, 7) is 0. The van der Waals surface area contributed by atoms with Gasteiger partial charge in [-0.2, -0.15) is 0 Å². The Morgan fingerprint density at radius 1 is 0.132 bits per heavy atom. The third kappa shape index (κ3) is 6.89. The summed E-state index contributed by atoms with van der Waals surface area (Å²) in [6.07, 6.45) is 0. The van der Waals surface area contributed by atoms with E-state index >= 15 is 0 Å². The molecule has 1 aromatic heterocycles. The number of nitrogens with zero attached hydrogens (tertiary/aromatic N) is 3. The maximum Gasteiger partial charge on any atom is 0.164 e. The van der Waals surface area contributed by atoms with E-state index in [2.05, 4.69) is 334 Å². The van der Waals surface area contributed by atoms with E-state index in [-0.39, 0.29) is 0 Å². The van der Waals surface area contributed by atoms with Gasteiger partial charge < -0.3 is 0 Å². The number of hydrogen-bond donors (Lipinski definition) is 0. The minimum atomic E-state index is -0.567. The molecule has 0 fully saturated rings. The lowest BCUT2D eigenvalue weighted by Crippen LogP contribution is -2.31. The van der Waals surface area contributed by atoms with Gasteiger partial charge in [-0.1, -0.05) is 370 Å². The smallest absolute Gasteiger partial charge is 0.164 e. The van der Waals surface area contributed by atoms with Gasteiger partial charge in [-0.15, -0.1) is 0 Å². The maximum absolute atomic E-state index is 5.13. The van der Waals surface area contributed by atoms with Gasteiger partial charge in [0.25, 0.3) is 0 Å². The first kappa shape index (κ1) is 58.1. The second-order valence-corrected chi connectivity index (χ2v) is 29.6. The molecule has 16 aromatic carbocycles. The zero-order valence-corrected chi connectivity index (χ0v) is 57.6. The molecule has 106 heavy (non-hydrogen) atoms. The Morgan fingerprint density at radius 3 is 0.604 bits per heavy atom. The van der Waals surface area contributed by atoms with E-state index in [4.69, 9.17) is 15.0 Å². The van der Waals surface area contributed by atoms with Crippen LogP contribution in [0.2, 0.25) is 0 Å². The summed E-state index contributed by atoms with van der Waals surface area (Å²) in [5, 5.41) is 0. The Hall–Kier alpha value is -13.5. The number of aromatic nitrogens is 3. The van der Waals surface area contributed by atoms with Crippen LogP contribution in [0.3, 0.4) is 0 Å². The van der Waals surface area contributed by atoms with E-state index in [1.165, 1.54) is 178 Å². The highest BCUT2D eigenvalue weighted by Crippen LogP contribution is 2.77. The van der Waals surface area contributed by atoms with Gasteiger partial charge >= 0.3 is 0 Å². The Labute approximate surface area is 614 Å². The Morgan fingerprint density at radius 2 is 0.321 bits per heavy atom. The van der Waals surface area contributed by atoms with Crippen LogP contribution in [0.4, 0.5) is 0 Å². The molecule has 0 bridgehead atoms. The molecule has 0 atom stereocenters. The normalized spacial score (nSPS) is 14.9. The lowest BCUT2D eigenvalue weighted by atomic mass is 9.63. The molecule has 0 saturated carbocycles. The largest absolute Gasteiger partial charge is 0.208 e. The van der Waals surface area contributed by atoms with E-state index in [9.17, 15) is 0 Å². The van der Waals surface area contributed by atoms with Crippen molar-refractivity contribution in [1.29, 1.82) is 0 Å². The van der Waals surface area contributed by atoms with E-state index in [1.54, 1.807) is 0 Å². The summed E-state index contributed by atoms with van der Waals surface area (Å²) >= 11 is 0. The van der Waals surface area contributed by atoms with Crippen LogP contribution in [0.25, 0.3) is 123 Å². The predicted molar refractivity (Wildman–Crippen MR) is 428 cm³/mol. The fourth-order valence-corrected chi connectivity index (χ4v) is 21.8. The molecule has 8 aliphatic rings. The van der Waals surface area contributed by atoms with Gasteiger partial charge in [-0.3, -0.25) is 0 Å². The van der Waals surface area contributed by atoms with Crippen molar-refractivity contribution >= 4 is 0 Å². The highest BCUT2D eigenvalue weighted by molar-refractivity contribution is 6.13. The van der Waals surface area contributed by atoms with Crippen molar-refractivity contribution in [2.75, 3.05) is 0 Å². The zero-order valence-electron chi connectivity index (χ0n) is 57.6. The fraction of sp³-hybridized carbons (Fsp3) is 0.0388. The molecular weight excluding hydrogens is 1280 g/mol. The van der Waals surface area contributed by atoms with Crippen LogP contribution >= 0.6 is 0 Å². The zero-order chi connectivity index (χ0) is 69.2. The molecule has 0 amide bonds. The molecule has 488 valence electrons. The van der Waals surface area contributed by atoms with E-state index in [0.717, 1.165) is 16.7 Å². The number of benzene rings is 16. The van der Waals surface area contributed by atoms with Gasteiger partial charge in [0, 0.05) is 16.7 Å². The third-order valence-electron chi connectivity index (χ3n) is 25.2. The van der Waals surface area contributed by atoms with Crippen LogP contribution in [0.1, 0.15) is 89.0 Å². The van der Waals surface area contributed by atoms with Crippen molar-refractivity contribution in [2.24, 2.45) is 0 Å². The quantitative estimate of drug-likeness (QED) is 0.177. The lowest BCUT2D eigenvalue weighted by Gasteiger charge is -2.37. The molecule has 17 aromatic rings. The van der Waals surface area contributed by atoms with Crippen molar-refractivity contribution in [3.05, 3.63) is 459 Å². The maximum atomic E-state index is 5.13. The first-order valence-electron chi connectivity index (χ1n) is 37.1. The summed E-state index contributed by atoms with van der Waals surface area (Å²) < 4.78 is 0. The summed E-state index contributed by atoms with van der Waals surface area (Å²) in [4.78, 5) is 15.2. The van der Waals surface area contributed by atoms with Gasteiger partial charge in [-0.05, 0) is 178 Å². The summed E-state index contributed by atoms with van der Waals surface area (Å²) in [7, 11) is 0. The average Bonchev–Trinajstić information content (AvgIpc) is 1.45. The minimum Gasteiger partial charge on any atom is -0.208 e. The van der Waals surface area contributed by atoms with Crippen molar-refractivity contribution in [2.45, 2.75) is 21.7 Å². The van der Waals surface area contributed by atoms with E-state index < -0.39 is 21.7 Å². The Bertz CT molecular complexity index is 6080. The standard InChI is InChI=1S/C63H36.C40H25N3/c1-10-28-46-37(19-1)38-20-2-11-29-47(38)61(46)52-34-16-7-25-43(52)55-58(61)56-44-26-8-17-35-53(44)62(48-30-12-3-21-39(48)40-22-4-13-31-49(40)62)60(56)57-45-27-9-18-36-54(45)63(59(55)57)50-32-14-5-23-41(50)42-24-6-15-33-51(42)63;1-3-14-26(15-4-1)37-41-38(27-16-5-2-6-17-27)43-39(42-37)31-21-13-25-35-36(31)30-20-9-12-24-34(30)40(35)32-22-10-7-18-28(32)29-19-8-11-23-33(29)40/h1-36H;1-25H. The number of rotatable bonds is 3. The van der Waals surface area contributed by atoms with Crippen molar-refractivity contribution < 1.29 is 0 Å². The predicted octanol–water partition coefficient (Wildman–Crippen LogP) is 23.9. The van der Waals surface area contributed by atoms with Crippen LogP contribution in [-0.2, 0) is 21.7 Å². The van der Waals surface area contributed by atoms with Crippen LogP contribution in [-0.4, -0.2) is 15.0 Å². The molecule has 25 rings (SSSR count). The lowest BCUT2D eigenvalue weighted by molar-refractivity contribution is 0.764. The van der Waals surface area contributed by atoms with Crippen molar-refractivity contribution in [3.63, 3.8) is 0 Å². The highest BCUT2D eigenvalue weighted by Gasteiger charge is 2.65. The molecule has 8 aliphatic carbocycles. The van der Waals surface area contributed by atoms with Gasteiger partial charge in [0.2, 0.25) is 0 Å². The third-order valence-corrected chi connectivity index (χ3v) is 25.2. The SMILES string of the molecule is c1ccc(-c2nc(-c3ccccc3)nc(-c3cccc4c3-c3ccccc3C43c4ccccc4-c4ccccc43)n2)cc1.c1ccc2c(c1)-c1ccccc1C21c2ccccc2-c2c1c1c(c3c2C2(c4ccccc4-c4ccccc42)c2ccccc2-3)C2(c3ccccc3-c3ccccc32)c2ccccc2-1.